The van der Waals surface area contributed by atoms with Gasteiger partial charge >= 0.3 is 0 Å². The molecule has 0 atom stereocenters. The van der Waals surface area contributed by atoms with Crippen LogP contribution in [0.1, 0.15) is 11.3 Å². The number of para-hydroxylation sites is 1. The molecule has 0 unspecified atom stereocenters. The molecule has 0 saturated heterocycles. The quantitative estimate of drug-likeness (QED) is 0.701. The fraction of sp³-hybridized carbons (Fsp3) is 0.133. The van der Waals surface area contributed by atoms with Crippen LogP contribution in [0.3, 0.4) is 0 Å². The Morgan fingerprint density at radius 3 is 2.90 bits per heavy atom. The lowest BCUT2D eigenvalue weighted by Gasteiger charge is -2.09. The maximum atomic E-state index is 6.17. The first kappa shape index (κ1) is 11.3. The zero-order valence-corrected chi connectivity index (χ0v) is 10.8. The molecule has 1 aromatic carbocycles. The summed E-state index contributed by atoms with van der Waals surface area (Å²) < 4.78 is 0. The Hall–Kier alpha value is -2.53. The van der Waals surface area contributed by atoms with Crippen molar-refractivity contribution < 1.29 is 0 Å². The van der Waals surface area contributed by atoms with E-state index in [0.29, 0.717) is 5.69 Å². The standard InChI is InChI=1S/C15H13N5/c16-11-5-9-3-1-2-4-12(9)20-15(11)14-10-6-17-7-13(10)18-8-19-14/h1-5,8,17H,6-7,16H2. The first-order valence-electron chi connectivity index (χ1n) is 6.52. The van der Waals surface area contributed by atoms with Gasteiger partial charge in [-0.05, 0) is 12.1 Å². The molecule has 3 heterocycles. The number of fused-ring (bicyclic) bond motifs is 2. The lowest BCUT2D eigenvalue weighted by Crippen LogP contribution is -2.02. The van der Waals surface area contributed by atoms with E-state index in [2.05, 4.69) is 20.3 Å². The summed E-state index contributed by atoms with van der Waals surface area (Å²) in [5, 5.41) is 4.32. The predicted octanol–water partition coefficient (Wildman–Crippen LogP) is 1.88. The minimum atomic E-state index is 0.650. The number of nitrogen functional groups attached to an aromatic ring is 1. The second-order valence-electron chi connectivity index (χ2n) is 4.87. The predicted molar refractivity (Wildman–Crippen MR) is 77.7 cm³/mol. The van der Waals surface area contributed by atoms with Crippen LogP contribution in [0.25, 0.3) is 22.3 Å². The zero-order chi connectivity index (χ0) is 13.5. The number of nitrogens with zero attached hydrogens (tertiary/aromatic N) is 3. The van der Waals surface area contributed by atoms with E-state index in [4.69, 9.17) is 5.73 Å². The number of pyridine rings is 1. The molecule has 0 fully saturated rings. The normalized spacial score (nSPS) is 13.6. The summed E-state index contributed by atoms with van der Waals surface area (Å²) in [6.07, 6.45) is 1.58. The molecule has 0 saturated carbocycles. The molecule has 4 rings (SSSR count). The average Bonchev–Trinajstić information content (AvgIpc) is 2.95. The minimum Gasteiger partial charge on any atom is -0.397 e. The number of anilines is 1. The van der Waals surface area contributed by atoms with Gasteiger partial charge in [0.05, 0.1) is 22.6 Å². The fourth-order valence-corrected chi connectivity index (χ4v) is 2.62. The summed E-state index contributed by atoms with van der Waals surface area (Å²) in [6, 6.07) is 9.90. The molecular formula is C15H13N5. The van der Waals surface area contributed by atoms with Gasteiger partial charge in [-0.1, -0.05) is 18.2 Å². The topological polar surface area (TPSA) is 76.7 Å². The van der Waals surface area contributed by atoms with Crippen molar-refractivity contribution in [3.63, 3.8) is 0 Å². The van der Waals surface area contributed by atoms with Crippen molar-refractivity contribution in [1.82, 2.24) is 20.3 Å². The molecule has 3 N–H and O–H groups in total. The van der Waals surface area contributed by atoms with Crippen molar-refractivity contribution in [3.05, 3.63) is 47.9 Å². The van der Waals surface area contributed by atoms with Gasteiger partial charge in [0.1, 0.15) is 12.0 Å². The number of rotatable bonds is 1. The van der Waals surface area contributed by atoms with E-state index in [1.807, 2.05) is 30.3 Å². The molecular weight excluding hydrogens is 250 g/mol. The van der Waals surface area contributed by atoms with Crippen molar-refractivity contribution in [1.29, 1.82) is 0 Å². The molecule has 5 heteroatoms. The van der Waals surface area contributed by atoms with Crippen LogP contribution in [-0.2, 0) is 13.1 Å². The van der Waals surface area contributed by atoms with Gasteiger partial charge in [-0.25, -0.2) is 15.0 Å². The Kier molecular flexibility index (Phi) is 2.40. The lowest BCUT2D eigenvalue weighted by molar-refractivity contribution is 0.758. The summed E-state index contributed by atoms with van der Waals surface area (Å²) in [7, 11) is 0. The van der Waals surface area contributed by atoms with Crippen molar-refractivity contribution in [2.45, 2.75) is 13.1 Å². The van der Waals surface area contributed by atoms with Crippen LogP contribution in [0.15, 0.2) is 36.7 Å². The van der Waals surface area contributed by atoms with E-state index in [0.717, 1.165) is 46.6 Å². The monoisotopic (exact) mass is 263 g/mol. The number of benzene rings is 1. The number of hydrogen-bond donors (Lipinski definition) is 2. The maximum absolute atomic E-state index is 6.17. The van der Waals surface area contributed by atoms with E-state index in [1.54, 1.807) is 6.33 Å². The van der Waals surface area contributed by atoms with Crippen molar-refractivity contribution in [2.75, 3.05) is 5.73 Å². The van der Waals surface area contributed by atoms with Crippen LogP contribution in [0, 0.1) is 0 Å². The summed E-state index contributed by atoms with van der Waals surface area (Å²) in [5.41, 5.74) is 11.5. The van der Waals surface area contributed by atoms with E-state index in [1.165, 1.54) is 0 Å². The van der Waals surface area contributed by atoms with Crippen LogP contribution in [-0.4, -0.2) is 15.0 Å². The smallest absolute Gasteiger partial charge is 0.116 e. The van der Waals surface area contributed by atoms with Crippen LogP contribution in [0.2, 0.25) is 0 Å². The Balaban J connectivity index is 1.99. The van der Waals surface area contributed by atoms with Gasteiger partial charge in [-0.2, -0.15) is 0 Å². The first-order valence-corrected chi connectivity index (χ1v) is 6.52. The van der Waals surface area contributed by atoms with E-state index < -0.39 is 0 Å². The highest BCUT2D eigenvalue weighted by Gasteiger charge is 2.20. The van der Waals surface area contributed by atoms with Gasteiger partial charge in [0.25, 0.3) is 0 Å². The summed E-state index contributed by atoms with van der Waals surface area (Å²) in [5.74, 6) is 0. The van der Waals surface area contributed by atoms with Gasteiger partial charge in [-0.3, -0.25) is 0 Å². The largest absolute Gasteiger partial charge is 0.397 e. The van der Waals surface area contributed by atoms with Crippen molar-refractivity contribution in [3.8, 4) is 11.4 Å². The second kappa shape index (κ2) is 4.25. The summed E-state index contributed by atoms with van der Waals surface area (Å²) >= 11 is 0. The Morgan fingerprint density at radius 1 is 1.05 bits per heavy atom. The van der Waals surface area contributed by atoms with Gasteiger partial charge in [0.2, 0.25) is 0 Å². The van der Waals surface area contributed by atoms with Gasteiger partial charge < -0.3 is 11.1 Å². The first-order chi connectivity index (χ1) is 9.83. The third-order valence-electron chi connectivity index (χ3n) is 3.61. The zero-order valence-electron chi connectivity index (χ0n) is 10.8. The molecule has 0 aliphatic carbocycles. The molecule has 0 amide bonds. The lowest BCUT2D eigenvalue weighted by atomic mass is 10.1. The molecule has 0 radical (unpaired) electrons. The number of hydrogen-bond acceptors (Lipinski definition) is 5. The average molecular weight is 263 g/mol. The highest BCUT2D eigenvalue weighted by Crippen LogP contribution is 2.30. The molecule has 0 spiro atoms. The Bertz CT molecular complexity index is 812. The Labute approximate surface area is 115 Å². The summed E-state index contributed by atoms with van der Waals surface area (Å²) in [4.78, 5) is 13.4. The maximum Gasteiger partial charge on any atom is 0.116 e. The van der Waals surface area contributed by atoms with Gasteiger partial charge in [0.15, 0.2) is 0 Å². The molecule has 0 bridgehead atoms. The van der Waals surface area contributed by atoms with E-state index >= 15 is 0 Å². The highest BCUT2D eigenvalue weighted by atomic mass is 15.0. The molecule has 3 aromatic rings. The van der Waals surface area contributed by atoms with Gasteiger partial charge in [0, 0.05) is 24.0 Å². The molecule has 1 aliphatic heterocycles. The molecule has 1 aliphatic rings. The second-order valence-corrected chi connectivity index (χ2v) is 4.87. The third-order valence-corrected chi connectivity index (χ3v) is 3.61. The van der Waals surface area contributed by atoms with Gasteiger partial charge in [-0.15, -0.1) is 0 Å². The van der Waals surface area contributed by atoms with Crippen LogP contribution >= 0.6 is 0 Å². The van der Waals surface area contributed by atoms with Crippen molar-refractivity contribution in [2.24, 2.45) is 0 Å². The van der Waals surface area contributed by atoms with Crippen LogP contribution in [0.5, 0.6) is 0 Å². The number of nitrogens with one attached hydrogen (secondary N) is 1. The molecule has 2 aromatic heterocycles. The molecule has 98 valence electrons. The van der Waals surface area contributed by atoms with Crippen molar-refractivity contribution >= 4 is 16.6 Å². The van der Waals surface area contributed by atoms with E-state index in [-0.39, 0.29) is 0 Å². The van der Waals surface area contributed by atoms with E-state index in [9.17, 15) is 0 Å². The number of aromatic nitrogens is 3. The summed E-state index contributed by atoms with van der Waals surface area (Å²) in [6.45, 7) is 1.54. The third kappa shape index (κ3) is 1.64. The fourth-order valence-electron chi connectivity index (χ4n) is 2.62. The minimum absolute atomic E-state index is 0.650. The number of nitrogens with two attached hydrogens (primary N) is 1. The Morgan fingerprint density at radius 2 is 1.95 bits per heavy atom. The highest BCUT2D eigenvalue weighted by molar-refractivity contribution is 5.87. The molecule has 20 heavy (non-hydrogen) atoms. The molecule has 5 nitrogen and oxygen atoms in total. The SMILES string of the molecule is Nc1cc2ccccc2nc1-c1ncnc2c1CNC2. The van der Waals surface area contributed by atoms with Crippen LogP contribution in [0.4, 0.5) is 5.69 Å². The van der Waals surface area contributed by atoms with Crippen LogP contribution < -0.4 is 11.1 Å².